The SMILES string of the molecule is CC(=O)Oc1cccc(/C=c2\sc3nc(-c4cccc(C)c4)nn3c2=O)c1. The predicted octanol–water partition coefficient (Wildman–Crippen LogP) is 2.60. The molecular formula is C20H15N3O3S. The van der Waals surface area contributed by atoms with Gasteiger partial charge in [0.05, 0.1) is 4.53 Å². The van der Waals surface area contributed by atoms with Gasteiger partial charge in [-0.25, -0.2) is 0 Å². The van der Waals surface area contributed by atoms with Gasteiger partial charge in [-0.2, -0.15) is 9.50 Å². The second-order valence-corrected chi connectivity index (χ2v) is 7.09. The number of hydrogen-bond acceptors (Lipinski definition) is 6. The summed E-state index contributed by atoms with van der Waals surface area (Å²) in [7, 11) is 0. The maximum Gasteiger partial charge on any atom is 0.308 e. The highest BCUT2D eigenvalue weighted by Gasteiger charge is 2.12. The Balaban J connectivity index is 1.75. The fourth-order valence-corrected chi connectivity index (χ4v) is 3.63. The summed E-state index contributed by atoms with van der Waals surface area (Å²) in [6, 6.07) is 14.8. The highest BCUT2D eigenvalue weighted by molar-refractivity contribution is 7.15. The zero-order valence-corrected chi connectivity index (χ0v) is 15.5. The topological polar surface area (TPSA) is 73.6 Å². The van der Waals surface area contributed by atoms with Crippen LogP contribution in [0.5, 0.6) is 5.75 Å². The molecule has 0 aliphatic heterocycles. The lowest BCUT2D eigenvalue weighted by Crippen LogP contribution is -2.23. The molecule has 2 aromatic heterocycles. The van der Waals surface area contributed by atoms with E-state index in [1.165, 1.54) is 22.8 Å². The monoisotopic (exact) mass is 377 g/mol. The molecule has 0 spiro atoms. The van der Waals surface area contributed by atoms with E-state index in [-0.39, 0.29) is 11.5 Å². The van der Waals surface area contributed by atoms with Gasteiger partial charge in [0.15, 0.2) is 5.82 Å². The first-order chi connectivity index (χ1) is 13.0. The first-order valence-electron chi connectivity index (χ1n) is 8.26. The van der Waals surface area contributed by atoms with E-state index < -0.39 is 0 Å². The van der Waals surface area contributed by atoms with Crippen LogP contribution in [0.1, 0.15) is 18.1 Å². The maximum absolute atomic E-state index is 12.7. The molecule has 0 aliphatic carbocycles. The molecule has 134 valence electrons. The van der Waals surface area contributed by atoms with Gasteiger partial charge in [0.2, 0.25) is 4.96 Å². The highest BCUT2D eigenvalue weighted by Crippen LogP contribution is 2.18. The summed E-state index contributed by atoms with van der Waals surface area (Å²) >= 11 is 1.27. The molecule has 4 rings (SSSR count). The molecule has 0 amide bonds. The van der Waals surface area contributed by atoms with Crippen molar-refractivity contribution in [2.75, 3.05) is 0 Å². The first-order valence-corrected chi connectivity index (χ1v) is 9.08. The number of fused-ring (bicyclic) bond motifs is 1. The van der Waals surface area contributed by atoms with E-state index in [4.69, 9.17) is 4.74 Å². The summed E-state index contributed by atoms with van der Waals surface area (Å²) in [5, 5.41) is 4.36. The zero-order valence-electron chi connectivity index (χ0n) is 14.7. The van der Waals surface area contributed by atoms with Crippen LogP contribution >= 0.6 is 11.3 Å². The Hall–Kier alpha value is -3.32. The average molecular weight is 377 g/mol. The molecule has 0 saturated heterocycles. The molecule has 0 fully saturated rings. The van der Waals surface area contributed by atoms with Gasteiger partial charge in [-0.1, -0.05) is 47.2 Å². The molecule has 2 aromatic carbocycles. The molecule has 0 atom stereocenters. The van der Waals surface area contributed by atoms with Gasteiger partial charge in [0.1, 0.15) is 5.75 Å². The highest BCUT2D eigenvalue weighted by atomic mass is 32.1. The minimum atomic E-state index is -0.390. The minimum Gasteiger partial charge on any atom is -0.427 e. The van der Waals surface area contributed by atoms with Gasteiger partial charge in [0.25, 0.3) is 5.56 Å². The third-order valence-electron chi connectivity index (χ3n) is 3.88. The second kappa shape index (κ2) is 6.77. The molecular weight excluding hydrogens is 362 g/mol. The third-order valence-corrected chi connectivity index (χ3v) is 4.83. The lowest BCUT2D eigenvalue weighted by atomic mass is 10.1. The van der Waals surface area contributed by atoms with Crippen LogP contribution in [0.4, 0.5) is 0 Å². The zero-order chi connectivity index (χ0) is 19.0. The number of nitrogens with zero attached hydrogens (tertiary/aromatic N) is 3. The van der Waals surface area contributed by atoms with Gasteiger partial charge >= 0.3 is 5.97 Å². The number of carbonyl (C=O) groups is 1. The standard InChI is InChI=1S/C20H15N3O3S/c1-12-5-3-7-15(9-12)18-21-20-23(22-18)19(25)17(27-20)11-14-6-4-8-16(10-14)26-13(2)24/h3-11H,1-2H3/b17-11-. The van der Waals surface area contributed by atoms with Crippen molar-refractivity contribution in [1.29, 1.82) is 0 Å². The van der Waals surface area contributed by atoms with Crippen LogP contribution in [-0.4, -0.2) is 20.6 Å². The Kier molecular flexibility index (Phi) is 4.29. The molecule has 6 nitrogen and oxygen atoms in total. The van der Waals surface area contributed by atoms with Crippen molar-refractivity contribution in [3.8, 4) is 17.1 Å². The normalized spacial score (nSPS) is 11.9. The number of benzene rings is 2. The summed E-state index contributed by atoms with van der Waals surface area (Å²) in [6.45, 7) is 3.34. The number of hydrogen-bond donors (Lipinski definition) is 0. The summed E-state index contributed by atoms with van der Waals surface area (Å²) in [5.41, 5.74) is 2.52. The van der Waals surface area contributed by atoms with Gasteiger partial charge in [-0.3, -0.25) is 9.59 Å². The summed E-state index contributed by atoms with van der Waals surface area (Å²) in [6.07, 6.45) is 1.74. The summed E-state index contributed by atoms with van der Waals surface area (Å²) in [5.74, 6) is 0.578. The molecule has 0 aliphatic rings. The van der Waals surface area contributed by atoms with E-state index in [2.05, 4.69) is 10.1 Å². The molecule has 27 heavy (non-hydrogen) atoms. The van der Waals surface area contributed by atoms with Crippen LogP contribution in [0.15, 0.2) is 53.3 Å². The van der Waals surface area contributed by atoms with Gasteiger partial charge < -0.3 is 4.74 Å². The van der Waals surface area contributed by atoms with Crippen molar-refractivity contribution in [2.45, 2.75) is 13.8 Å². The number of aryl methyl sites for hydroxylation is 1. The lowest BCUT2D eigenvalue weighted by Gasteiger charge is -2.01. The largest absolute Gasteiger partial charge is 0.427 e. The lowest BCUT2D eigenvalue weighted by molar-refractivity contribution is -0.131. The van der Waals surface area contributed by atoms with Gasteiger partial charge in [0, 0.05) is 12.5 Å². The first kappa shape index (κ1) is 17.1. The fraction of sp³-hybridized carbons (Fsp3) is 0.100. The Morgan fingerprint density at radius 3 is 2.74 bits per heavy atom. The molecule has 0 saturated carbocycles. The summed E-state index contributed by atoms with van der Waals surface area (Å²) < 4.78 is 6.92. The van der Waals surface area contributed by atoms with Crippen LogP contribution in [0.3, 0.4) is 0 Å². The van der Waals surface area contributed by atoms with E-state index in [0.717, 1.165) is 16.7 Å². The van der Waals surface area contributed by atoms with E-state index in [0.29, 0.717) is 21.1 Å². The Morgan fingerprint density at radius 1 is 1.19 bits per heavy atom. The molecule has 0 radical (unpaired) electrons. The Bertz CT molecular complexity index is 1270. The Morgan fingerprint density at radius 2 is 2.00 bits per heavy atom. The van der Waals surface area contributed by atoms with E-state index in [9.17, 15) is 9.59 Å². The van der Waals surface area contributed by atoms with E-state index >= 15 is 0 Å². The van der Waals surface area contributed by atoms with Crippen molar-refractivity contribution in [1.82, 2.24) is 14.6 Å². The minimum absolute atomic E-state index is 0.223. The number of ether oxygens (including phenoxy) is 1. The maximum atomic E-state index is 12.7. The fourth-order valence-electron chi connectivity index (χ4n) is 2.73. The van der Waals surface area contributed by atoms with Crippen LogP contribution in [0, 0.1) is 6.92 Å². The summed E-state index contributed by atoms with van der Waals surface area (Å²) in [4.78, 5) is 28.8. The number of esters is 1. The third kappa shape index (κ3) is 3.50. The molecule has 0 unspecified atom stereocenters. The van der Waals surface area contributed by atoms with Crippen molar-refractivity contribution in [2.24, 2.45) is 0 Å². The molecule has 7 heteroatoms. The van der Waals surface area contributed by atoms with Crippen molar-refractivity contribution in [3.05, 3.63) is 74.5 Å². The van der Waals surface area contributed by atoms with Crippen molar-refractivity contribution < 1.29 is 9.53 Å². The van der Waals surface area contributed by atoms with Crippen LogP contribution in [-0.2, 0) is 4.79 Å². The number of aromatic nitrogens is 3. The number of carbonyl (C=O) groups excluding carboxylic acids is 1. The Labute approximate surface area is 158 Å². The van der Waals surface area contributed by atoms with Crippen LogP contribution in [0.2, 0.25) is 0 Å². The molecule has 4 aromatic rings. The molecule has 2 heterocycles. The quantitative estimate of drug-likeness (QED) is 0.405. The van der Waals surface area contributed by atoms with E-state index in [1.54, 1.807) is 24.3 Å². The van der Waals surface area contributed by atoms with Crippen molar-refractivity contribution >= 4 is 28.3 Å². The number of rotatable bonds is 3. The smallest absolute Gasteiger partial charge is 0.308 e. The average Bonchev–Trinajstić information content (AvgIpc) is 3.15. The van der Waals surface area contributed by atoms with Crippen LogP contribution < -0.4 is 14.8 Å². The van der Waals surface area contributed by atoms with Crippen LogP contribution in [0.25, 0.3) is 22.4 Å². The number of thiazole rings is 1. The molecule has 0 bridgehead atoms. The van der Waals surface area contributed by atoms with Gasteiger partial charge in [-0.05, 0) is 36.8 Å². The van der Waals surface area contributed by atoms with Crippen molar-refractivity contribution in [3.63, 3.8) is 0 Å². The second-order valence-electron chi connectivity index (χ2n) is 6.08. The van der Waals surface area contributed by atoms with E-state index in [1.807, 2.05) is 37.3 Å². The molecule has 0 N–H and O–H groups in total. The van der Waals surface area contributed by atoms with Gasteiger partial charge in [-0.15, -0.1) is 5.10 Å². The predicted molar refractivity (Wildman–Crippen MR) is 104 cm³/mol.